The van der Waals surface area contributed by atoms with Gasteiger partial charge in [-0.3, -0.25) is 4.79 Å². The van der Waals surface area contributed by atoms with E-state index in [2.05, 4.69) is 0 Å². The van der Waals surface area contributed by atoms with Crippen molar-refractivity contribution in [3.8, 4) is 0 Å². The molecule has 0 radical (unpaired) electrons. The minimum atomic E-state index is -1.40. The van der Waals surface area contributed by atoms with Crippen molar-refractivity contribution in [1.82, 2.24) is 0 Å². The molecule has 0 spiro atoms. The van der Waals surface area contributed by atoms with E-state index in [1.807, 2.05) is 0 Å². The Labute approximate surface area is 212 Å². The molecule has 1 aliphatic rings. The van der Waals surface area contributed by atoms with Crippen LogP contribution in [0.2, 0.25) is 0 Å². The molecule has 0 aliphatic carbocycles. The summed E-state index contributed by atoms with van der Waals surface area (Å²) in [6.07, 6.45) is -5.09. The number of carbonyl (C=O) groups is 4. The summed E-state index contributed by atoms with van der Waals surface area (Å²) in [4.78, 5) is 50.0. The van der Waals surface area contributed by atoms with E-state index in [1.54, 1.807) is 91.0 Å². The Morgan fingerprint density at radius 1 is 0.622 bits per heavy atom. The van der Waals surface area contributed by atoms with Gasteiger partial charge in [-0.2, -0.15) is 0 Å². The third-order valence-corrected chi connectivity index (χ3v) is 5.44. The Morgan fingerprint density at radius 2 is 1.05 bits per heavy atom. The predicted molar refractivity (Wildman–Crippen MR) is 128 cm³/mol. The Kier molecular flexibility index (Phi) is 8.27. The van der Waals surface area contributed by atoms with Crippen LogP contribution in [0.4, 0.5) is 0 Å². The maximum absolute atomic E-state index is 12.9. The average molecular weight is 505 g/mol. The molecule has 0 saturated carbocycles. The molecule has 3 aromatic rings. The summed E-state index contributed by atoms with van der Waals surface area (Å²) >= 11 is 0. The van der Waals surface area contributed by atoms with Gasteiger partial charge in [-0.05, 0) is 36.4 Å². The van der Waals surface area contributed by atoms with Crippen molar-refractivity contribution in [3.63, 3.8) is 0 Å². The first kappa shape index (κ1) is 25.6. The van der Waals surface area contributed by atoms with Gasteiger partial charge in [0.15, 0.2) is 6.10 Å². The van der Waals surface area contributed by atoms with Gasteiger partial charge < -0.3 is 23.7 Å². The van der Waals surface area contributed by atoms with E-state index in [0.29, 0.717) is 5.56 Å². The third-order valence-electron chi connectivity index (χ3n) is 5.44. The molecule has 0 amide bonds. The maximum Gasteiger partial charge on any atom is 0.338 e. The van der Waals surface area contributed by atoms with Crippen LogP contribution < -0.4 is 0 Å². The standard InChI is InChI=1S/C28H24O9/c1-18(29)34-28-24(37-27(32)21-15-9-4-10-16-21)23(36-26(31)20-13-7-3-8-14-20)22(35-28)17-33-25(30)19-11-5-2-6-12-19/h2-16,22-24,28H,17H2,1H3/t22-,23-,24-,28-/m1/s1/i17+1. The summed E-state index contributed by atoms with van der Waals surface area (Å²) in [5, 5.41) is 0. The van der Waals surface area contributed by atoms with Crippen molar-refractivity contribution >= 4 is 23.9 Å². The number of hydrogen-bond donors (Lipinski definition) is 0. The smallest absolute Gasteiger partial charge is 0.338 e. The number of benzene rings is 3. The molecule has 1 aliphatic heterocycles. The van der Waals surface area contributed by atoms with Gasteiger partial charge >= 0.3 is 23.9 Å². The van der Waals surface area contributed by atoms with Crippen LogP contribution in [0.1, 0.15) is 38.0 Å². The van der Waals surface area contributed by atoms with E-state index in [4.69, 9.17) is 23.7 Å². The van der Waals surface area contributed by atoms with Gasteiger partial charge in [-0.15, -0.1) is 0 Å². The zero-order valence-corrected chi connectivity index (χ0v) is 19.9. The van der Waals surface area contributed by atoms with Crippen LogP contribution in [0.25, 0.3) is 0 Å². The van der Waals surface area contributed by atoms with Crippen LogP contribution in [-0.2, 0) is 28.5 Å². The van der Waals surface area contributed by atoms with Crippen molar-refractivity contribution in [3.05, 3.63) is 108 Å². The second-order valence-corrected chi connectivity index (χ2v) is 8.09. The molecule has 4 atom stereocenters. The minimum absolute atomic E-state index is 0.233. The molecule has 3 aromatic carbocycles. The Hall–Kier alpha value is -4.50. The van der Waals surface area contributed by atoms with Crippen LogP contribution in [-0.4, -0.2) is 55.1 Å². The molecule has 1 fully saturated rings. The van der Waals surface area contributed by atoms with Crippen molar-refractivity contribution in [2.45, 2.75) is 31.5 Å². The van der Waals surface area contributed by atoms with Gasteiger partial charge in [0.2, 0.25) is 12.4 Å². The first-order chi connectivity index (χ1) is 17.9. The van der Waals surface area contributed by atoms with Crippen molar-refractivity contribution in [2.75, 3.05) is 6.61 Å². The highest BCUT2D eigenvalue weighted by molar-refractivity contribution is 5.91. The van der Waals surface area contributed by atoms with Crippen LogP contribution in [0.15, 0.2) is 91.0 Å². The number of esters is 4. The number of hydrogen-bond acceptors (Lipinski definition) is 9. The van der Waals surface area contributed by atoms with Gasteiger partial charge in [0.1, 0.15) is 12.7 Å². The summed E-state index contributed by atoms with van der Waals surface area (Å²) in [5.41, 5.74) is 0.782. The van der Waals surface area contributed by atoms with Gasteiger partial charge in [-0.25, -0.2) is 14.4 Å². The number of ether oxygens (including phenoxy) is 5. The maximum atomic E-state index is 12.9. The van der Waals surface area contributed by atoms with Crippen molar-refractivity contribution in [1.29, 1.82) is 0 Å². The fourth-order valence-corrected chi connectivity index (χ4v) is 3.70. The quantitative estimate of drug-likeness (QED) is 0.257. The van der Waals surface area contributed by atoms with Gasteiger partial charge in [0.05, 0.1) is 16.7 Å². The van der Waals surface area contributed by atoms with E-state index in [-0.39, 0.29) is 17.7 Å². The molecule has 37 heavy (non-hydrogen) atoms. The predicted octanol–water partition coefficient (Wildman–Crippen LogP) is 3.58. The van der Waals surface area contributed by atoms with Crippen molar-refractivity contribution < 1.29 is 42.9 Å². The lowest BCUT2D eigenvalue weighted by Gasteiger charge is -2.24. The molecule has 9 nitrogen and oxygen atoms in total. The largest absolute Gasteiger partial charge is 0.459 e. The van der Waals surface area contributed by atoms with E-state index < -0.39 is 48.5 Å². The van der Waals surface area contributed by atoms with E-state index >= 15 is 0 Å². The molecule has 4 rings (SSSR count). The summed E-state index contributed by atoms with van der Waals surface area (Å²) in [6, 6.07) is 24.6. The highest BCUT2D eigenvalue weighted by atomic mass is 16.8. The minimum Gasteiger partial charge on any atom is -0.459 e. The molecule has 1 heterocycles. The fourth-order valence-electron chi connectivity index (χ4n) is 3.70. The fraction of sp³-hybridized carbons (Fsp3) is 0.214. The summed E-state index contributed by atoms with van der Waals surface area (Å²) in [6.45, 7) is 0.796. The molecule has 190 valence electrons. The van der Waals surface area contributed by atoms with E-state index in [1.165, 1.54) is 0 Å². The number of rotatable bonds is 8. The third kappa shape index (κ3) is 6.59. The molecule has 0 aromatic heterocycles. The van der Waals surface area contributed by atoms with E-state index in [0.717, 1.165) is 6.92 Å². The van der Waals surface area contributed by atoms with Crippen LogP contribution in [0.3, 0.4) is 0 Å². The molecule has 9 heteroatoms. The SMILES string of the molecule is CC(=O)O[C@@H]1O[C@H]([13CH2]OC(=O)c2ccccc2)[C@@H](OC(=O)c2ccccc2)[C@H]1OC(=O)c1ccccc1. The van der Waals surface area contributed by atoms with E-state index in [9.17, 15) is 19.2 Å². The highest BCUT2D eigenvalue weighted by Gasteiger charge is 2.52. The first-order valence-electron chi connectivity index (χ1n) is 11.5. The normalized spacial score (nSPS) is 20.5. The average Bonchev–Trinajstić information content (AvgIpc) is 3.23. The topological polar surface area (TPSA) is 114 Å². The Balaban J connectivity index is 1.58. The molecule has 0 bridgehead atoms. The summed E-state index contributed by atoms with van der Waals surface area (Å²) < 4.78 is 27.7. The van der Waals surface area contributed by atoms with Crippen LogP contribution >= 0.6 is 0 Å². The molecule has 0 N–H and O–H groups in total. The summed E-state index contributed by atoms with van der Waals surface area (Å²) in [5.74, 6) is -2.81. The monoisotopic (exact) mass is 505 g/mol. The first-order valence-corrected chi connectivity index (χ1v) is 11.5. The zero-order chi connectivity index (χ0) is 26.2. The highest BCUT2D eigenvalue weighted by Crippen LogP contribution is 2.30. The summed E-state index contributed by atoms with van der Waals surface area (Å²) in [7, 11) is 0. The Bertz CT molecular complexity index is 1230. The zero-order valence-electron chi connectivity index (χ0n) is 19.9. The second-order valence-electron chi connectivity index (χ2n) is 8.09. The molecule has 0 unspecified atom stereocenters. The molecular formula is C28H24O9. The lowest BCUT2D eigenvalue weighted by Crippen LogP contribution is -2.42. The molecular weight excluding hydrogens is 481 g/mol. The van der Waals surface area contributed by atoms with Crippen LogP contribution in [0.5, 0.6) is 0 Å². The molecule has 1 saturated heterocycles. The van der Waals surface area contributed by atoms with Gasteiger partial charge in [0.25, 0.3) is 0 Å². The van der Waals surface area contributed by atoms with Crippen LogP contribution in [0, 0.1) is 0 Å². The van der Waals surface area contributed by atoms with Gasteiger partial charge in [-0.1, -0.05) is 54.6 Å². The van der Waals surface area contributed by atoms with Crippen molar-refractivity contribution in [2.24, 2.45) is 0 Å². The second kappa shape index (κ2) is 12.0. The number of carbonyl (C=O) groups excluding carboxylic acids is 4. The lowest BCUT2D eigenvalue weighted by molar-refractivity contribution is -0.187. The lowest BCUT2D eigenvalue weighted by atomic mass is 10.1. The van der Waals surface area contributed by atoms with Gasteiger partial charge in [0, 0.05) is 6.92 Å². The Morgan fingerprint density at radius 3 is 1.51 bits per heavy atom.